The van der Waals surface area contributed by atoms with Gasteiger partial charge in [-0.25, -0.2) is 4.39 Å². The van der Waals surface area contributed by atoms with Crippen LogP contribution in [-0.4, -0.2) is 0 Å². The van der Waals surface area contributed by atoms with Crippen LogP contribution in [-0.2, 0) is 19.3 Å². The number of benzene rings is 2. The van der Waals surface area contributed by atoms with E-state index in [1.807, 2.05) is 12.1 Å². The van der Waals surface area contributed by atoms with E-state index in [0.29, 0.717) is 5.92 Å². The Labute approximate surface area is 158 Å². The summed E-state index contributed by atoms with van der Waals surface area (Å²) in [6.07, 6.45) is 10.5. The molecule has 0 aliphatic heterocycles. The Balaban J connectivity index is 1.57. The van der Waals surface area contributed by atoms with Gasteiger partial charge in [-0.1, -0.05) is 63.1 Å². The molecule has 2 aromatic carbocycles. The largest absolute Gasteiger partial charge is 0.207 e. The first-order valence-corrected chi connectivity index (χ1v) is 10.6. The molecular weight excluding hydrogens is 319 g/mol. The molecular formula is C25H33F. The summed E-state index contributed by atoms with van der Waals surface area (Å²) in [7, 11) is 0. The van der Waals surface area contributed by atoms with Crippen LogP contribution in [0, 0.1) is 11.7 Å². The van der Waals surface area contributed by atoms with Gasteiger partial charge in [-0.2, -0.15) is 0 Å². The van der Waals surface area contributed by atoms with Gasteiger partial charge in [-0.3, -0.25) is 0 Å². The fraction of sp³-hybridized carbons (Fsp3) is 0.520. The molecule has 0 nitrogen and oxygen atoms in total. The van der Waals surface area contributed by atoms with Gasteiger partial charge >= 0.3 is 0 Å². The van der Waals surface area contributed by atoms with Crippen molar-refractivity contribution >= 4 is 0 Å². The maximum Gasteiger partial charge on any atom is 0.126 e. The highest BCUT2D eigenvalue weighted by Gasteiger charge is 2.22. The molecule has 140 valence electrons. The van der Waals surface area contributed by atoms with Gasteiger partial charge < -0.3 is 0 Å². The highest BCUT2D eigenvalue weighted by molar-refractivity contribution is 5.29. The molecule has 1 fully saturated rings. The number of hydrogen-bond acceptors (Lipinski definition) is 0. The minimum absolute atomic E-state index is 0.0108. The second-order valence-corrected chi connectivity index (χ2v) is 8.03. The molecule has 0 N–H and O–H groups in total. The van der Waals surface area contributed by atoms with Crippen LogP contribution in [0.5, 0.6) is 0 Å². The lowest BCUT2D eigenvalue weighted by Crippen LogP contribution is -2.13. The predicted molar refractivity (Wildman–Crippen MR) is 109 cm³/mol. The summed E-state index contributed by atoms with van der Waals surface area (Å²) < 4.78 is 14.6. The van der Waals surface area contributed by atoms with E-state index in [-0.39, 0.29) is 5.82 Å². The summed E-state index contributed by atoms with van der Waals surface area (Å²) in [5, 5.41) is 0. The van der Waals surface area contributed by atoms with Gasteiger partial charge in [0.2, 0.25) is 0 Å². The Morgan fingerprint density at radius 1 is 0.846 bits per heavy atom. The average Bonchev–Trinajstić information content (AvgIpc) is 2.68. The number of hydrogen-bond donors (Lipinski definition) is 0. The fourth-order valence-electron chi connectivity index (χ4n) is 4.43. The number of rotatable bonds is 7. The molecule has 1 aliphatic rings. The van der Waals surface area contributed by atoms with Crippen molar-refractivity contribution in [2.45, 2.75) is 77.6 Å². The lowest BCUT2D eigenvalue weighted by Gasteiger charge is -2.28. The Bertz CT molecular complexity index is 678. The molecule has 26 heavy (non-hydrogen) atoms. The zero-order valence-electron chi connectivity index (χ0n) is 16.4. The third-order valence-electron chi connectivity index (χ3n) is 6.21. The third kappa shape index (κ3) is 4.96. The van der Waals surface area contributed by atoms with Crippen molar-refractivity contribution < 1.29 is 4.39 Å². The first-order chi connectivity index (χ1) is 12.7. The average molecular weight is 353 g/mol. The van der Waals surface area contributed by atoms with E-state index in [9.17, 15) is 4.39 Å². The molecule has 0 aromatic heterocycles. The summed E-state index contributed by atoms with van der Waals surface area (Å²) in [5.74, 6) is 1.45. The van der Waals surface area contributed by atoms with Gasteiger partial charge in [0, 0.05) is 0 Å². The van der Waals surface area contributed by atoms with Crippen molar-refractivity contribution in [3.63, 3.8) is 0 Å². The first kappa shape index (κ1) is 19.1. The van der Waals surface area contributed by atoms with Crippen LogP contribution in [0.3, 0.4) is 0 Å². The van der Waals surface area contributed by atoms with Gasteiger partial charge in [0.1, 0.15) is 5.82 Å². The summed E-state index contributed by atoms with van der Waals surface area (Å²) in [4.78, 5) is 0. The van der Waals surface area contributed by atoms with E-state index < -0.39 is 0 Å². The van der Waals surface area contributed by atoms with Crippen LogP contribution >= 0.6 is 0 Å². The van der Waals surface area contributed by atoms with Crippen LogP contribution in [0.1, 0.15) is 80.5 Å². The molecule has 1 aliphatic carbocycles. The number of aryl methyl sites for hydroxylation is 3. The van der Waals surface area contributed by atoms with Gasteiger partial charge in [-0.05, 0) is 85.1 Å². The Hall–Kier alpha value is -1.63. The highest BCUT2D eigenvalue weighted by atomic mass is 19.1. The second kappa shape index (κ2) is 9.35. The third-order valence-corrected chi connectivity index (χ3v) is 6.21. The minimum Gasteiger partial charge on any atom is -0.207 e. The Kier molecular flexibility index (Phi) is 6.88. The standard InChI is InChI=1S/C25H33F/c1-3-5-20-10-13-22(14-11-20)24-17-16-23(25(26)18-24)15-12-21-8-6-19(4-2)7-9-21/h6-9,16-18,20,22H,3-5,10-15H2,1-2H3. The van der Waals surface area contributed by atoms with Crippen LogP contribution in [0.2, 0.25) is 0 Å². The first-order valence-electron chi connectivity index (χ1n) is 10.6. The van der Waals surface area contributed by atoms with Crippen molar-refractivity contribution in [1.82, 2.24) is 0 Å². The van der Waals surface area contributed by atoms with Gasteiger partial charge in [0.25, 0.3) is 0 Å². The van der Waals surface area contributed by atoms with Crippen molar-refractivity contribution in [2.75, 3.05) is 0 Å². The van der Waals surface area contributed by atoms with E-state index >= 15 is 0 Å². The second-order valence-electron chi connectivity index (χ2n) is 8.03. The SMILES string of the molecule is CCCC1CCC(c2ccc(CCc3ccc(CC)cc3)c(F)c2)CC1. The molecule has 0 spiro atoms. The molecule has 0 saturated heterocycles. The van der Waals surface area contributed by atoms with E-state index in [0.717, 1.165) is 30.7 Å². The predicted octanol–water partition coefficient (Wildman–Crippen LogP) is 7.25. The maximum absolute atomic E-state index is 14.6. The van der Waals surface area contributed by atoms with Crippen LogP contribution in [0.15, 0.2) is 42.5 Å². The molecule has 0 bridgehead atoms. The topological polar surface area (TPSA) is 0 Å². The Morgan fingerprint density at radius 2 is 1.54 bits per heavy atom. The molecule has 0 amide bonds. The zero-order valence-corrected chi connectivity index (χ0v) is 16.4. The monoisotopic (exact) mass is 352 g/mol. The molecule has 1 saturated carbocycles. The van der Waals surface area contributed by atoms with Gasteiger partial charge in [-0.15, -0.1) is 0 Å². The van der Waals surface area contributed by atoms with Crippen molar-refractivity contribution in [3.05, 3.63) is 70.5 Å². The zero-order chi connectivity index (χ0) is 18.4. The lowest BCUT2D eigenvalue weighted by atomic mass is 9.77. The molecule has 2 aromatic rings. The Morgan fingerprint density at radius 3 is 2.15 bits per heavy atom. The van der Waals surface area contributed by atoms with Crippen molar-refractivity contribution in [2.24, 2.45) is 5.92 Å². The van der Waals surface area contributed by atoms with E-state index in [2.05, 4.69) is 44.2 Å². The highest BCUT2D eigenvalue weighted by Crippen LogP contribution is 2.37. The van der Waals surface area contributed by atoms with E-state index in [4.69, 9.17) is 0 Å². The number of halogens is 1. The summed E-state index contributed by atoms with van der Waals surface area (Å²) in [6, 6.07) is 14.8. The molecule has 0 radical (unpaired) electrons. The van der Waals surface area contributed by atoms with Gasteiger partial charge in [0.05, 0.1) is 0 Å². The molecule has 3 rings (SSSR count). The molecule has 1 heteroatoms. The van der Waals surface area contributed by atoms with Crippen LogP contribution in [0.4, 0.5) is 4.39 Å². The van der Waals surface area contributed by atoms with Crippen LogP contribution in [0.25, 0.3) is 0 Å². The smallest absolute Gasteiger partial charge is 0.126 e. The van der Waals surface area contributed by atoms with Gasteiger partial charge in [0.15, 0.2) is 0 Å². The summed E-state index contributed by atoms with van der Waals surface area (Å²) >= 11 is 0. The molecule has 0 atom stereocenters. The van der Waals surface area contributed by atoms with E-state index in [1.165, 1.54) is 55.2 Å². The summed E-state index contributed by atoms with van der Waals surface area (Å²) in [6.45, 7) is 4.45. The lowest BCUT2D eigenvalue weighted by molar-refractivity contribution is 0.308. The normalized spacial score (nSPS) is 20.3. The quantitative estimate of drug-likeness (QED) is 0.492. The van der Waals surface area contributed by atoms with Crippen LogP contribution < -0.4 is 0 Å². The van der Waals surface area contributed by atoms with Crippen molar-refractivity contribution in [3.8, 4) is 0 Å². The van der Waals surface area contributed by atoms with Crippen molar-refractivity contribution in [1.29, 1.82) is 0 Å². The minimum atomic E-state index is -0.0108. The summed E-state index contributed by atoms with van der Waals surface area (Å²) in [5.41, 5.74) is 4.72. The molecule has 0 heterocycles. The van der Waals surface area contributed by atoms with E-state index in [1.54, 1.807) is 0 Å². The maximum atomic E-state index is 14.6. The molecule has 0 unspecified atom stereocenters. The fourth-order valence-corrected chi connectivity index (χ4v) is 4.43.